The maximum absolute atomic E-state index is 13.3. The van der Waals surface area contributed by atoms with Crippen LogP contribution in [-0.2, 0) is 0 Å². The lowest BCUT2D eigenvalue weighted by atomic mass is 10.0. The van der Waals surface area contributed by atoms with E-state index in [-0.39, 0.29) is 11.3 Å². The molecule has 0 atom stereocenters. The van der Waals surface area contributed by atoms with E-state index in [0.29, 0.717) is 22.0 Å². The monoisotopic (exact) mass is 370 g/mol. The van der Waals surface area contributed by atoms with Crippen LogP contribution >= 0.6 is 11.3 Å². The predicted molar refractivity (Wildman–Crippen MR) is 98.5 cm³/mol. The zero-order valence-corrected chi connectivity index (χ0v) is 14.9. The van der Waals surface area contributed by atoms with Gasteiger partial charge in [0.1, 0.15) is 10.8 Å². The van der Waals surface area contributed by atoms with E-state index in [1.807, 2.05) is 0 Å². The highest BCUT2D eigenvalue weighted by Gasteiger charge is 2.20. The van der Waals surface area contributed by atoms with Crippen LogP contribution in [0.5, 0.6) is 5.88 Å². The third-order valence-corrected chi connectivity index (χ3v) is 4.61. The normalized spacial score (nSPS) is 10.4. The number of benzene rings is 1. The smallest absolute Gasteiger partial charge is 0.256 e. The van der Waals surface area contributed by atoms with Gasteiger partial charge in [0.25, 0.3) is 5.91 Å². The summed E-state index contributed by atoms with van der Waals surface area (Å²) in [5.41, 5.74) is 1.98. The molecule has 1 amide bonds. The molecule has 132 valence electrons. The summed E-state index contributed by atoms with van der Waals surface area (Å²) in [4.78, 5) is 28.7. The number of hydrogen-bond donors (Lipinski definition) is 1. The van der Waals surface area contributed by atoms with Gasteiger partial charge in [-0.15, -0.1) is 11.3 Å². The number of Topliss-reactive ketones (excluding diaryl/α,β-unsaturated/α-hetero) is 1. The van der Waals surface area contributed by atoms with Gasteiger partial charge in [0, 0.05) is 34.3 Å². The fourth-order valence-corrected chi connectivity index (χ4v) is 3.49. The molecule has 2 aromatic heterocycles. The van der Waals surface area contributed by atoms with Gasteiger partial charge in [-0.3, -0.25) is 9.59 Å². The number of rotatable bonds is 5. The van der Waals surface area contributed by atoms with Crippen molar-refractivity contribution in [1.29, 1.82) is 0 Å². The summed E-state index contributed by atoms with van der Waals surface area (Å²) in [7, 11) is 1.52. The Morgan fingerprint density at radius 2 is 2.04 bits per heavy atom. The molecule has 26 heavy (non-hydrogen) atoms. The van der Waals surface area contributed by atoms with Crippen molar-refractivity contribution in [3.05, 3.63) is 64.9 Å². The first-order valence-corrected chi connectivity index (χ1v) is 8.57. The standard InChI is InChI=1S/C19H15FN2O3S/c1-11(23)17-15(13-6-7-16(25-2)21-9-13)10-26-19(17)22-18(24)12-4-3-5-14(20)8-12/h3-10H,1-2H3,(H,22,24). The van der Waals surface area contributed by atoms with Gasteiger partial charge in [0.05, 0.1) is 12.7 Å². The van der Waals surface area contributed by atoms with Crippen LogP contribution < -0.4 is 10.1 Å². The van der Waals surface area contributed by atoms with Gasteiger partial charge in [-0.1, -0.05) is 6.07 Å². The van der Waals surface area contributed by atoms with Crippen LogP contribution in [0.25, 0.3) is 11.1 Å². The number of nitrogens with one attached hydrogen (secondary N) is 1. The van der Waals surface area contributed by atoms with Gasteiger partial charge in [-0.05, 0) is 31.2 Å². The maximum atomic E-state index is 13.3. The van der Waals surface area contributed by atoms with Crippen molar-refractivity contribution >= 4 is 28.0 Å². The van der Waals surface area contributed by atoms with E-state index in [2.05, 4.69) is 10.3 Å². The lowest BCUT2D eigenvalue weighted by molar-refractivity contribution is 0.101. The van der Waals surface area contributed by atoms with Crippen molar-refractivity contribution in [3.8, 4) is 17.0 Å². The van der Waals surface area contributed by atoms with Crippen LogP contribution in [0, 0.1) is 5.82 Å². The van der Waals surface area contributed by atoms with Crippen molar-refractivity contribution in [2.75, 3.05) is 12.4 Å². The minimum absolute atomic E-state index is 0.181. The Morgan fingerprint density at radius 1 is 1.23 bits per heavy atom. The molecule has 0 saturated carbocycles. The number of hydrogen-bond acceptors (Lipinski definition) is 5. The van der Waals surface area contributed by atoms with Gasteiger partial charge in [0.15, 0.2) is 5.78 Å². The Bertz CT molecular complexity index is 967. The predicted octanol–water partition coefficient (Wildman–Crippen LogP) is 4.41. The van der Waals surface area contributed by atoms with Gasteiger partial charge < -0.3 is 10.1 Å². The highest BCUT2D eigenvalue weighted by Crippen LogP contribution is 2.36. The van der Waals surface area contributed by atoms with Gasteiger partial charge in [-0.2, -0.15) is 0 Å². The van der Waals surface area contributed by atoms with Gasteiger partial charge in [-0.25, -0.2) is 9.37 Å². The second-order valence-corrected chi connectivity index (χ2v) is 6.34. The van der Waals surface area contributed by atoms with Crippen LogP contribution in [0.4, 0.5) is 9.39 Å². The summed E-state index contributed by atoms with van der Waals surface area (Å²) in [6.45, 7) is 1.43. The fourth-order valence-electron chi connectivity index (χ4n) is 2.48. The van der Waals surface area contributed by atoms with Crippen LogP contribution in [0.1, 0.15) is 27.6 Å². The Kier molecular flexibility index (Phi) is 5.09. The molecule has 0 fully saturated rings. The molecule has 0 aliphatic carbocycles. The van der Waals surface area contributed by atoms with E-state index in [1.54, 1.807) is 23.7 Å². The third-order valence-electron chi connectivity index (χ3n) is 3.71. The first-order valence-electron chi connectivity index (χ1n) is 7.69. The van der Waals surface area contributed by atoms with E-state index < -0.39 is 11.7 Å². The molecule has 0 radical (unpaired) electrons. The molecule has 3 aromatic rings. The number of ketones is 1. The van der Waals surface area contributed by atoms with Crippen LogP contribution in [0.15, 0.2) is 48.0 Å². The summed E-state index contributed by atoms with van der Waals surface area (Å²) in [5.74, 6) is -0.700. The number of thiophene rings is 1. The zero-order chi connectivity index (χ0) is 18.7. The minimum atomic E-state index is -0.499. The first-order chi connectivity index (χ1) is 12.5. The zero-order valence-electron chi connectivity index (χ0n) is 14.1. The molecule has 3 rings (SSSR count). The van der Waals surface area contributed by atoms with E-state index in [0.717, 1.165) is 11.6 Å². The van der Waals surface area contributed by atoms with E-state index in [9.17, 15) is 14.0 Å². The molecule has 1 N–H and O–H groups in total. The maximum Gasteiger partial charge on any atom is 0.256 e. The number of ether oxygens (including phenoxy) is 1. The third kappa shape index (κ3) is 3.62. The Morgan fingerprint density at radius 3 is 2.65 bits per heavy atom. The van der Waals surface area contributed by atoms with Crippen molar-refractivity contribution in [3.63, 3.8) is 0 Å². The summed E-state index contributed by atoms with van der Waals surface area (Å²) < 4.78 is 18.3. The topological polar surface area (TPSA) is 68.3 Å². The van der Waals surface area contributed by atoms with Crippen LogP contribution in [0.3, 0.4) is 0 Å². The lowest BCUT2D eigenvalue weighted by Gasteiger charge is -2.07. The number of pyridine rings is 1. The summed E-state index contributed by atoms with van der Waals surface area (Å²) in [5, 5.41) is 4.89. The Hall–Kier alpha value is -3.06. The quantitative estimate of drug-likeness (QED) is 0.676. The van der Waals surface area contributed by atoms with Crippen LogP contribution in [-0.4, -0.2) is 23.8 Å². The molecular formula is C19H15FN2O3S. The number of aromatic nitrogens is 1. The summed E-state index contributed by atoms with van der Waals surface area (Å²) in [6, 6.07) is 8.86. The number of halogens is 1. The summed E-state index contributed by atoms with van der Waals surface area (Å²) >= 11 is 1.23. The first kappa shape index (κ1) is 17.8. The molecule has 7 heteroatoms. The van der Waals surface area contributed by atoms with Crippen molar-refractivity contribution in [2.45, 2.75) is 6.92 Å². The van der Waals surface area contributed by atoms with E-state index in [4.69, 9.17) is 4.74 Å². The number of carbonyl (C=O) groups excluding carboxylic acids is 2. The van der Waals surface area contributed by atoms with Crippen molar-refractivity contribution in [1.82, 2.24) is 4.98 Å². The average molecular weight is 370 g/mol. The summed E-state index contributed by atoms with van der Waals surface area (Å²) in [6.07, 6.45) is 1.60. The van der Waals surface area contributed by atoms with Gasteiger partial charge in [0.2, 0.25) is 5.88 Å². The minimum Gasteiger partial charge on any atom is -0.481 e. The molecule has 0 spiro atoms. The highest BCUT2D eigenvalue weighted by molar-refractivity contribution is 7.15. The number of amides is 1. The van der Waals surface area contributed by atoms with E-state index in [1.165, 1.54) is 43.6 Å². The van der Waals surface area contributed by atoms with Crippen LogP contribution in [0.2, 0.25) is 0 Å². The SMILES string of the molecule is COc1ccc(-c2csc(NC(=O)c3cccc(F)c3)c2C(C)=O)cn1. The molecule has 0 saturated heterocycles. The Balaban J connectivity index is 1.94. The molecule has 0 aliphatic rings. The Labute approximate surface area is 153 Å². The highest BCUT2D eigenvalue weighted by atomic mass is 32.1. The average Bonchev–Trinajstić information content (AvgIpc) is 3.05. The lowest BCUT2D eigenvalue weighted by Crippen LogP contribution is -2.13. The number of carbonyl (C=O) groups is 2. The van der Waals surface area contributed by atoms with Crippen molar-refractivity contribution in [2.24, 2.45) is 0 Å². The molecule has 0 bridgehead atoms. The molecule has 0 unspecified atom stereocenters. The van der Waals surface area contributed by atoms with Crippen molar-refractivity contribution < 1.29 is 18.7 Å². The molecule has 2 heterocycles. The van der Waals surface area contributed by atoms with E-state index >= 15 is 0 Å². The number of methoxy groups -OCH3 is 1. The molecular weight excluding hydrogens is 355 g/mol. The molecule has 0 aliphatic heterocycles. The number of nitrogens with zero attached hydrogens (tertiary/aromatic N) is 1. The largest absolute Gasteiger partial charge is 0.481 e. The molecule has 5 nitrogen and oxygen atoms in total. The number of anilines is 1. The molecule has 1 aromatic carbocycles. The fraction of sp³-hybridized carbons (Fsp3) is 0.105. The van der Waals surface area contributed by atoms with Gasteiger partial charge >= 0.3 is 0 Å². The second kappa shape index (κ2) is 7.45. The second-order valence-electron chi connectivity index (χ2n) is 5.46.